The number of benzene rings is 5. The second-order valence-corrected chi connectivity index (χ2v) is 11.9. The van der Waals surface area contributed by atoms with Crippen molar-refractivity contribution >= 4 is 66.2 Å². The number of hydrogen-bond donors (Lipinski definition) is 1. The Hall–Kier alpha value is -4.80. The molecule has 0 radical (unpaired) electrons. The van der Waals surface area contributed by atoms with E-state index in [1.165, 1.54) is 0 Å². The van der Waals surface area contributed by atoms with Gasteiger partial charge in [-0.15, -0.1) is 29.3 Å². The van der Waals surface area contributed by atoms with Crippen LogP contribution in [0.5, 0.6) is 0 Å². The largest absolute Gasteiger partial charge is 1.00 e. The van der Waals surface area contributed by atoms with Crippen molar-refractivity contribution in [1.29, 1.82) is 0 Å². The Morgan fingerprint density at radius 1 is 0.843 bits per heavy atom. The van der Waals surface area contributed by atoms with Crippen LogP contribution in [0.25, 0.3) is 38.5 Å². The number of anilines is 4. The van der Waals surface area contributed by atoms with Crippen molar-refractivity contribution in [3.05, 3.63) is 140 Å². The summed E-state index contributed by atoms with van der Waals surface area (Å²) in [5.41, 5.74) is 10.4. The van der Waals surface area contributed by atoms with Crippen LogP contribution in [0.15, 0.2) is 134 Å². The zero-order chi connectivity index (χ0) is 35.6. The van der Waals surface area contributed by atoms with E-state index in [4.69, 9.17) is 17.6 Å². The van der Waals surface area contributed by atoms with E-state index in [0.717, 1.165) is 93.0 Å². The third-order valence-corrected chi connectivity index (χ3v) is 8.58. The first-order valence-corrected chi connectivity index (χ1v) is 17.6. The van der Waals surface area contributed by atoms with Gasteiger partial charge in [-0.3, -0.25) is 0 Å². The van der Waals surface area contributed by atoms with Gasteiger partial charge in [0.05, 0.1) is 0 Å². The number of likely N-dealkylation sites (N-methyl/N-ethyl adjacent to an activating group) is 1. The Bertz CT molecular complexity index is 2290. The van der Waals surface area contributed by atoms with Crippen LogP contribution in [0.4, 0.5) is 22.7 Å². The van der Waals surface area contributed by atoms with E-state index in [2.05, 4.69) is 151 Å². The number of allylic oxidation sites excluding steroid dienone is 2. The van der Waals surface area contributed by atoms with Crippen molar-refractivity contribution in [2.75, 3.05) is 41.3 Å². The van der Waals surface area contributed by atoms with Gasteiger partial charge in [-0.05, 0) is 38.5 Å². The Morgan fingerprint density at radius 2 is 1.51 bits per heavy atom. The maximum atomic E-state index is 8.44. The zero-order valence-corrected chi connectivity index (χ0v) is 32.5. The van der Waals surface area contributed by atoms with Crippen LogP contribution >= 0.6 is 0 Å². The first kappa shape index (κ1) is 39.0. The minimum Gasteiger partial charge on any atom is -0.408 e. The van der Waals surface area contributed by atoms with Gasteiger partial charge >= 0.3 is 40.2 Å². The van der Waals surface area contributed by atoms with Gasteiger partial charge in [0.2, 0.25) is 16.7 Å². The quantitative estimate of drug-likeness (QED) is 0.0460. The zero-order valence-electron chi connectivity index (χ0n) is 29.6. The molecule has 0 saturated carbocycles. The number of nitrogens with one attached hydrogen (secondary N) is 1. The van der Waals surface area contributed by atoms with Gasteiger partial charge in [-0.2, -0.15) is 12.1 Å². The summed E-state index contributed by atoms with van der Waals surface area (Å²) in [6.07, 6.45) is 5.74. The number of para-hydroxylation sites is 1. The minimum atomic E-state index is -3.11. The summed E-state index contributed by atoms with van der Waals surface area (Å²) in [5.74, 6) is 0. The molecule has 0 aliphatic heterocycles. The van der Waals surface area contributed by atoms with Gasteiger partial charge < -0.3 is 15.1 Å². The van der Waals surface area contributed by atoms with Gasteiger partial charge in [0.25, 0.3) is 0 Å². The summed E-state index contributed by atoms with van der Waals surface area (Å²) in [5, 5.41) is 5.94. The van der Waals surface area contributed by atoms with Crippen molar-refractivity contribution < 1.29 is 46.8 Å². The van der Waals surface area contributed by atoms with Gasteiger partial charge in [-0.1, -0.05) is 85.2 Å². The van der Waals surface area contributed by atoms with E-state index >= 15 is 0 Å². The number of rotatable bonds is 12. The Kier molecular flexibility index (Phi) is 14.1. The fourth-order valence-electron chi connectivity index (χ4n) is 6.18. The van der Waals surface area contributed by atoms with Gasteiger partial charge in [0.15, 0.2) is 0 Å². The molecule has 1 heterocycles. The molecule has 6 aromatic rings. The molecule has 10 heteroatoms. The summed E-state index contributed by atoms with van der Waals surface area (Å²) in [6.45, 7) is 17.9. The van der Waals surface area contributed by atoms with Gasteiger partial charge in [0.1, 0.15) is 11.0 Å². The van der Waals surface area contributed by atoms with Crippen molar-refractivity contribution in [2.24, 2.45) is 0 Å². The van der Waals surface area contributed by atoms with E-state index in [9.17, 15) is 0 Å². The molecule has 0 bridgehead atoms. The first-order chi connectivity index (χ1) is 24.3. The number of fused-ring (bicyclic) bond motifs is 4. The molecule has 0 amide bonds. The van der Waals surface area contributed by atoms with Crippen LogP contribution in [0, 0.1) is 6.07 Å². The molecule has 0 spiro atoms. The van der Waals surface area contributed by atoms with Gasteiger partial charge in [-0.25, -0.2) is 4.98 Å². The maximum Gasteiger partial charge on any atom is 1.00 e. The minimum absolute atomic E-state index is 0. The van der Waals surface area contributed by atoms with E-state index in [1.807, 2.05) is 24.3 Å². The number of aromatic nitrogens is 2. The molecule has 1 aromatic heterocycles. The van der Waals surface area contributed by atoms with Crippen molar-refractivity contribution in [2.45, 2.75) is 20.8 Å². The third-order valence-electron chi connectivity index (χ3n) is 8.58. The summed E-state index contributed by atoms with van der Waals surface area (Å²) >= 11 is 0. The Morgan fingerprint density at radius 3 is 2.12 bits per heavy atom. The maximum absolute atomic E-state index is 8.44. The molecule has 254 valence electrons. The predicted octanol–water partition coefficient (Wildman–Crippen LogP) is 5.33. The Labute approximate surface area is 323 Å². The molecule has 6 rings (SSSR count). The molecule has 0 atom stereocenters. The number of hydrogen-bond acceptors (Lipinski definition) is 7. The fourth-order valence-corrected chi connectivity index (χ4v) is 6.18. The summed E-state index contributed by atoms with van der Waals surface area (Å²) in [4.78, 5) is 9.95. The van der Waals surface area contributed by atoms with E-state index in [-0.39, 0.29) is 29.6 Å². The van der Waals surface area contributed by atoms with E-state index in [0.29, 0.717) is 0 Å². The van der Waals surface area contributed by atoms with Crippen LogP contribution in [0.1, 0.15) is 20.8 Å². The van der Waals surface area contributed by atoms with Crippen molar-refractivity contribution in [3.63, 3.8) is 0 Å². The molecular formula is C41H41N5NaO3S+. The first-order valence-electron chi connectivity index (χ1n) is 16.6. The molecular weight excluding hydrogens is 666 g/mol. The smallest absolute Gasteiger partial charge is 0.408 e. The van der Waals surface area contributed by atoms with Crippen LogP contribution in [-0.2, 0) is 10.6 Å². The number of nitrogens with zero attached hydrogens (tertiary/aromatic N) is 4. The van der Waals surface area contributed by atoms with E-state index in [1.54, 1.807) is 0 Å². The van der Waals surface area contributed by atoms with E-state index < -0.39 is 10.6 Å². The molecule has 1 N–H and O–H groups in total. The van der Waals surface area contributed by atoms with Crippen molar-refractivity contribution in [1.82, 2.24) is 4.98 Å². The summed E-state index contributed by atoms with van der Waals surface area (Å²) in [7, 11) is -3.11. The monoisotopic (exact) mass is 706 g/mol. The fraction of sp³-hybridized carbons (Fsp3) is 0.171. The third kappa shape index (κ3) is 9.11. The molecule has 8 nitrogen and oxygen atoms in total. The molecule has 0 fully saturated rings. The van der Waals surface area contributed by atoms with Crippen LogP contribution < -0.4 is 49.2 Å². The topological polar surface area (TPSA) is 86.5 Å². The van der Waals surface area contributed by atoms with Crippen LogP contribution in [0.2, 0.25) is 0 Å². The van der Waals surface area contributed by atoms with Crippen LogP contribution in [-0.4, -0.2) is 43.8 Å². The Balaban J connectivity index is 0.00000111. The molecule has 0 saturated heterocycles. The average Bonchev–Trinajstić information content (AvgIpc) is 3.13. The molecule has 0 aliphatic carbocycles. The molecule has 5 aromatic carbocycles. The van der Waals surface area contributed by atoms with Crippen molar-refractivity contribution in [3.8, 4) is 5.69 Å². The SMILES string of the molecule is C=C/C=C(\C=C)CN(CC)c1ccc2nc3c4ccccc4c(Nc4c[c-]c(N(CC)CC)cc4)cc3[n+](-c3ccccc3)c2c1.O=S(=O)=O.[Na+]. The average molecular weight is 707 g/mol. The second-order valence-electron chi connectivity index (χ2n) is 11.5. The van der Waals surface area contributed by atoms with Gasteiger partial charge in [0, 0.05) is 72.6 Å². The normalized spacial score (nSPS) is 10.9. The molecule has 51 heavy (non-hydrogen) atoms. The summed E-state index contributed by atoms with van der Waals surface area (Å²) in [6, 6.07) is 37.7. The molecule has 0 aliphatic rings. The van der Waals surface area contributed by atoms with Crippen LogP contribution in [0.3, 0.4) is 0 Å². The predicted molar refractivity (Wildman–Crippen MR) is 206 cm³/mol. The second kappa shape index (κ2) is 18.4. The summed E-state index contributed by atoms with van der Waals surface area (Å²) < 4.78 is 27.7. The standard InChI is InChI=1S/C41H40N5.Na.O3S/c1-6-16-30(7-2)29-45(10-5)34-25-26-37-39(27-34)46(33-17-12-11-13-18-33)40-28-38(35-19-14-15-20-36(35)41(40)43-37)42-31-21-23-32(24-22-31)44(8-3)9-4;;1-4(2)3/h6-7,11-23,25-28H,1-2,8-10,29H2,3-5H3;;/q-1;+1;/p+1/b30-16+;;. The molecule has 0 unspecified atom stereocenters.